The average molecular weight is 342 g/mol. The van der Waals surface area contributed by atoms with Gasteiger partial charge in [0.05, 0.1) is 10.1 Å². The van der Waals surface area contributed by atoms with Gasteiger partial charge in [0.15, 0.2) is 0 Å². The maximum Gasteiger partial charge on any atom is 0.499 e. The summed E-state index contributed by atoms with van der Waals surface area (Å²) >= 11 is 0. The monoisotopic (exact) mass is 342 g/mol. The van der Waals surface area contributed by atoms with Crippen molar-refractivity contribution in [3.8, 4) is 0 Å². The Labute approximate surface area is 130 Å². The lowest BCUT2D eigenvalue weighted by atomic mass is 10.0. The molecule has 0 spiro atoms. The van der Waals surface area contributed by atoms with Gasteiger partial charge in [-0.1, -0.05) is 37.0 Å². The van der Waals surface area contributed by atoms with Crippen LogP contribution in [0.5, 0.6) is 0 Å². The normalized spacial score (nSPS) is 17.0. The van der Waals surface area contributed by atoms with Crippen molar-refractivity contribution in [3.05, 3.63) is 35.4 Å². The summed E-state index contributed by atoms with van der Waals surface area (Å²) in [6.07, 6.45) is 3.18. The quantitative estimate of drug-likeness (QED) is 0.355. The summed E-state index contributed by atoms with van der Waals surface area (Å²) < 4.78 is 48.9. The van der Waals surface area contributed by atoms with Crippen LogP contribution in [-0.4, -0.2) is 31.3 Å². The molecule has 0 atom stereocenters. The van der Waals surface area contributed by atoms with Gasteiger partial charge in [0.1, 0.15) is 0 Å². The van der Waals surface area contributed by atoms with Crippen LogP contribution in [0.3, 0.4) is 0 Å². The minimum absolute atomic E-state index is 0.190. The maximum absolute atomic E-state index is 12.5. The van der Waals surface area contributed by atoms with Crippen LogP contribution in [0.15, 0.2) is 29.2 Å². The van der Waals surface area contributed by atoms with Gasteiger partial charge >= 0.3 is 4.38 Å². The van der Waals surface area contributed by atoms with Crippen molar-refractivity contribution in [2.24, 2.45) is 0 Å². The standard InChI is InChI=1S/C14H18N2O4S2/c1-11-7-9-13(10-8-11)22(19,20)14(16-15)21(17,18)12-5-3-2-4-6-12/h7-10,12H,2-6H2,1H3. The molecule has 0 bridgehead atoms. The molecule has 1 fully saturated rings. The second-order valence-corrected chi connectivity index (χ2v) is 9.75. The Morgan fingerprint density at radius 1 is 1.05 bits per heavy atom. The molecule has 120 valence electrons. The van der Waals surface area contributed by atoms with Crippen molar-refractivity contribution in [2.45, 2.75) is 49.2 Å². The van der Waals surface area contributed by atoms with E-state index in [0.29, 0.717) is 12.8 Å². The first-order valence-corrected chi connectivity index (χ1v) is 10.1. The van der Waals surface area contributed by atoms with E-state index in [1.54, 1.807) is 19.1 Å². The van der Waals surface area contributed by atoms with Gasteiger partial charge in [0.25, 0.3) is 19.7 Å². The highest BCUT2D eigenvalue weighted by atomic mass is 32.3. The summed E-state index contributed by atoms with van der Waals surface area (Å²) in [6.45, 7) is 1.79. The Morgan fingerprint density at radius 2 is 1.59 bits per heavy atom. The molecule has 0 aliphatic heterocycles. The van der Waals surface area contributed by atoms with E-state index in [9.17, 15) is 16.8 Å². The van der Waals surface area contributed by atoms with E-state index in [1.165, 1.54) is 12.1 Å². The number of nitrogens with zero attached hydrogens (tertiary/aromatic N) is 2. The van der Waals surface area contributed by atoms with Gasteiger partial charge in [-0.2, -0.15) is 0 Å². The van der Waals surface area contributed by atoms with E-state index in [2.05, 4.69) is 4.79 Å². The van der Waals surface area contributed by atoms with E-state index in [-0.39, 0.29) is 4.90 Å². The zero-order valence-corrected chi connectivity index (χ0v) is 13.9. The molecule has 0 saturated heterocycles. The van der Waals surface area contributed by atoms with Crippen LogP contribution in [0.25, 0.3) is 5.53 Å². The summed E-state index contributed by atoms with van der Waals surface area (Å²) in [6, 6.07) is 5.75. The number of hydrogen-bond acceptors (Lipinski definition) is 4. The first-order chi connectivity index (χ1) is 10.3. The molecule has 1 aliphatic rings. The zero-order chi connectivity index (χ0) is 16.4. The lowest BCUT2D eigenvalue weighted by Gasteiger charge is -2.19. The average Bonchev–Trinajstić information content (AvgIpc) is 2.48. The van der Waals surface area contributed by atoms with E-state index >= 15 is 0 Å². The Kier molecular flexibility index (Phi) is 4.84. The van der Waals surface area contributed by atoms with Crippen molar-refractivity contribution in [1.29, 1.82) is 0 Å². The van der Waals surface area contributed by atoms with Crippen LogP contribution in [-0.2, 0) is 19.7 Å². The van der Waals surface area contributed by atoms with Crippen LogP contribution in [0.2, 0.25) is 0 Å². The lowest BCUT2D eigenvalue weighted by molar-refractivity contribution is 0.00370. The minimum atomic E-state index is -4.36. The highest BCUT2D eigenvalue weighted by Gasteiger charge is 2.47. The molecule has 0 unspecified atom stereocenters. The van der Waals surface area contributed by atoms with Crippen LogP contribution < -0.4 is 0 Å². The van der Waals surface area contributed by atoms with Gasteiger partial charge in [-0.05, 0) is 31.9 Å². The van der Waals surface area contributed by atoms with Gasteiger partial charge in [-0.3, -0.25) is 0 Å². The summed E-state index contributed by atoms with van der Waals surface area (Å²) in [7, 11) is -8.54. The predicted octanol–water partition coefficient (Wildman–Crippen LogP) is 2.10. The van der Waals surface area contributed by atoms with Crippen molar-refractivity contribution >= 4 is 24.1 Å². The molecule has 1 aliphatic carbocycles. The maximum atomic E-state index is 12.5. The summed E-state index contributed by atoms with van der Waals surface area (Å²) in [4.78, 5) is 2.46. The lowest BCUT2D eigenvalue weighted by Crippen LogP contribution is -2.35. The number of rotatable bonds is 2. The third-order valence-corrected chi connectivity index (χ3v) is 8.58. The Balaban J connectivity index is 2.47. The summed E-state index contributed by atoms with van der Waals surface area (Å²) in [5.74, 6) is 0. The van der Waals surface area contributed by atoms with E-state index in [1.807, 2.05) is 0 Å². The second-order valence-electron chi connectivity index (χ2n) is 5.49. The van der Waals surface area contributed by atoms with Crippen molar-refractivity contribution in [2.75, 3.05) is 0 Å². The van der Waals surface area contributed by atoms with E-state index in [0.717, 1.165) is 24.8 Å². The molecule has 1 saturated carbocycles. The van der Waals surface area contributed by atoms with Crippen molar-refractivity contribution in [3.63, 3.8) is 0 Å². The highest BCUT2D eigenvalue weighted by molar-refractivity contribution is 8.31. The molecule has 0 amide bonds. The van der Waals surface area contributed by atoms with Crippen molar-refractivity contribution in [1.82, 2.24) is 0 Å². The smallest absolute Gasteiger partial charge is 0.359 e. The number of hydrogen-bond donors (Lipinski definition) is 0. The topological polar surface area (TPSA) is 105 Å². The second kappa shape index (κ2) is 6.32. The zero-order valence-electron chi connectivity index (χ0n) is 12.3. The SMILES string of the molecule is Cc1ccc(S(=O)(=O)C(=[N+]=[N-])S(=O)(=O)C2CCCCC2)cc1. The Bertz CT molecular complexity index is 799. The fraction of sp³-hybridized carbons (Fsp3) is 0.500. The van der Waals surface area contributed by atoms with E-state index in [4.69, 9.17) is 5.53 Å². The summed E-state index contributed by atoms with van der Waals surface area (Å²) in [5.41, 5.74) is 9.92. The molecule has 0 N–H and O–H groups in total. The number of aryl methyl sites for hydroxylation is 1. The molecule has 6 nitrogen and oxygen atoms in total. The predicted molar refractivity (Wildman–Crippen MR) is 82.8 cm³/mol. The van der Waals surface area contributed by atoms with Gasteiger partial charge in [-0.15, -0.1) is 4.79 Å². The third-order valence-electron chi connectivity index (χ3n) is 3.88. The van der Waals surface area contributed by atoms with Gasteiger partial charge in [0.2, 0.25) is 0 Å². The van der Waals surface area contributed by atoms with Gasteiger partial charge < -0.3 is 5.53 Å². The molecule has 1 aromatic carbocycles. The fourth-order valence-corrected chi connectivity index (χ4v) is 6.68. The first-order valence-electron chi connectivity index (χ1n) is 7.08. The Hall–Kier alpha value is -1.50. The molecule has 2 rings (SSSR count). The minimum Gasteiger partial charge on any atom is -0.359 e. The van der Waals surface area contributed by atoms with Crippen LogP contribution in [0, 0.1) is 6.92 Å². The fourth-order valence-electron chi connectivity index (χ4n) is 2.60. The number of benzene rings is 1. The molecule has 0 aromatic heterocycles. The Morgan fingerprint density at radius 3 is 2.09 bits per heavy atom. The third kappa shape index (κ3) is 3.14. The van der Waals surface area contributed by atoms with Crippen LogP contribution >= 0.6 is 0 Å². The molecule has 0 heterocycles. The molecule has 8 heteroatoms. The van der Waals surface area contributed by atoms with Gasteiger partial charge in [0, 0.05) is 0 Å². The van der Waals surface area contributed by atoms with Crippen LogP contribution in [0.1, 0.15) is 37.7 Å². The molecule has 22 heavy (non-hydrogen) atoms. The van der Waals surface area contributed by atoms with E-state index < -0.39 is 29.3 Å². The molecular weight excluding hydrogens is 324 g/mol. The molecule has 0 radical (unpaired) electrons. The largest absolute Gasteiger partial charge is 0.499 e. The molecular formula is C14H18N2O4S2. The molecule has 1 aromatic rings. The first kappa shape index (κ1) is 16.9. The van der Waals surface area contributed by atoms with Crippen LogP contribution in [0.4, 0.5) is 0 Å². The summed E-state index contributed by atoms with van der Waals surface area (Å²) in [5, 5.41) is -0.799. The van der Waals surface area contributed by atoms with Gasteiger partial charge in [-0.25, -0.2) is 16.8 Å². The number of sulfone groups is 2. The highest BCUT2D eigenvalue weighted by Crippen LogP contribution is 2.27. The van der Waals surface area contributed by atoms with Crippen molar-refractivity contribution < 1.29 is 21.6 Å².